The molecule has 2 N–H and O–H groups in total. The van der Waals surface area contributed by atoms with Crippen LogP contribution in [0.4, 0.5) is 5.69 Å². The minimum atomic E-state index is 0.740. The maximum absolute atomic E-state index is 6.21. The van der Waals surface area contributed by atoms with Crippen LogP contribution in [0.25, 0.3) is 5.69 Å². The quantitative estimate of drug-likeness (QED) is 0.786. The maximum atomic E-state index is 6.21. The largest absolute Gasteiger partial charge is 0.395 e. The van der Waals surface area contributed by atoms with Gasteiger partial charge in [-0.15, -0.1) is 0 Å². The zero-order valence-electron chi connectivity index (χ0n) is 12.1. The van der Waals surface area contributed by atoms with Gasteiger partial charge in [-0.2, -0.15) is 5.10 Å². The zero-order valence-corrected chi connectivity index (χ0v) is 12.9. The molecule has 0 aliphatic rings. The smallest absolute Gasteiger partial charge is 0.128 e. The highest BCUT2D eigenvalue weighted by Crippen LogP contribution is 2.35. The molecule has 21 heavy (non-hydrogen) atoms. The molecule has 0 saturated heterocycles. The second-order valence-corrected chi connectivity index (χ2v) is 6.03. The molecule has 106 valence electrons. The van der Waals surface area contributed by atoms with Crippen LogP contribution < -0.4 is 5.73 Å². The summed E-state index contributed by atoms with van der Waals surface area (Å²) in [5, 5.41) is 5.53. The van der Waals surface area contributed by atoms with E-state index in [4.69, 9.17) is 5.73 Å². The molecule has 0 fully saturated rings. The van der Waals surface area contributed by atoms with Gasteiger partial charge in [-0.25, -0.2) is 4.68 Å². The molecule has 0 aliphatic carbocycles. The molecule has 0 saturated carbocycles. The molecular weight excluding hydrogens is 278 g/mol. The third-order valence-electron chi connectivity index (χ3n) is 3.30. The molecule has 4 heteroatoms. The Morgan fingerprint density at radius 3 is 2.29 bits per heavy atom. The summed E-state index contributed by atoms with van der Waals surface area (Å²) in [4.78, 5) is 1.16. The number of hydrogen-bond acceptors (Lipinski definition) is 3. The summed E-state index contributed by atoms with van der Waals surface area (Å²) in [6, 6.07) is 18.5. The van der Waals surface area contributed by atoms with E-state index in [1.54, 1.807) is 11.8 Å². The minimum absolute atomic E-state index is 0.740. The molecule has 0 bridgehead atoms. The molecule has 0 amide bonds. The van der Waals surface area contributed by atoms with Crippen molar-refractivity contribution in [3.63, 3.8) is 0 Å². The van der Waals surface area contributed by atoms with E-state index >= 15 is 0 Å². The van der Waals surface area contributed by atoms with E-state index in [0.717, 1.165) is 27.0 Å². The van der Waals surface area contributed by atoms with Crippen molar-refractivity contribution >= 4 is 17.4 Å². The number of aryl methyl sites for hydroxylation is 2. The van der Waals surface area contributed by atoms with Crippen LogP contribution in [0.3, 0.4) is 0 Å². The summed E-state index contributed by atoms with van der Waals surface area (Å²) < 4.78 is 1.91. The highest BCUT2D eigenvalue weighted by Gasteiger charge is 2.15. The molecular formula is C17H17N3S. The van der Waals surface area contributed by atoms with Crippen molar-refractivity contribution in [2.75, 3.05) is 5.73 Å². The van der Waals surface area contributed by atoms with Gasteiger partial charge in [0.15, 0.2) is 0 Å². The molecule has 0 atom stereocenters. The Labute approximate surface area is 128 Å². The van der Waals surface area contributed by atoms with E-state index in [0.29, 0.717) is 0 Å². The fourth-order valence-electron chi connectivity index (χ4n) is 2.08. The number of para-hydroxylation sites is 1. The van der Waals surface area contributed by atoms with Gasteiger partial charge < -0.3 is 5.73 Å². The molecule has 2 aromatic carbocycles. The van der Waals surface area contributed by atoms with Crippen LogP contribution in [-0.4, -0.2) is 9.78 Å². The van der Waals surface area contributed by atoms with Crippen molar-refractivity contribution in [2.45, 2.75) is 23.8 Å². The molecule has 0 unspecified atom stereocenters. The monoisotopic (exact) mass is 295 g/mol. The van der Waals surface area contributed by atoms with Gasteiger partial charge in [0.25, 0.3) is 0 Å². The Hall–Kier alpha value is -2.20. The van der Waals surface area contributed by atoms with Crippen LogP contribution in [0.5, 0.6) is 0 Å². The third-order valence-corrected chi connectivity index (χ3v) is 4.39. The molecule has 0 spiro atoms. The average Bonchev–Trinajstić information content (AvgIpc) is 2.79. The standard InChI is InChI=1S/C17H17N3S/c1-12-8-10-15(11-9-12)21-17-16(18)13(2)19-20(17)14-6-4-3-5-7-14/h3-11H,18H2,1-2H3. The van der Waals surface area contributed by atoms with Crippen LogP contribution in [0.2, 0.25) is 0 Å². The first kappa shape index (κ1) is 13.8. The first-order valence-electron chi connectivity index (χ1n) is 6.80. The normalized spacial score (nSPS) is 10.8. The number of nitrogen functional groups attached to an aromatic ring is 1. The van der Waals surface area contributed by atoms with Crippen molar-refractivity contribution in [1.82, 2.24) is 9.78 Å². The summed E-state index contributed by atoms with van der Waals surface area (Å²) in [5.74, 6) is 0. The Kier molecular flexibility index (Phi) is 3.71. The van der Waals surface area contributed by atoms with Gasteiger partial charge in [-0.1, -0.05) is 47.7 Å². The van der Waals surface area contributed by atoms with Crippen LogP contribution in [0.15, 0.2) is 64.5 Å². The minimum Gasteiger partial charge on any atom is -0.395 e. The van der Waals surface area contributed by atoms with Crippen LogP contribution in [-0.2, 0) is 0 Å². The molecule has 3 aromatic rings. The second-order valence-electron chi connectivity index (χ2n) is 4.97. The number of benzene rings is 2. The third kappa shape index (κ3) is 2.81. The fraction of sp³-hybridized carbons (Fsp3) is 0.118. The van der Waals surface area contributed by atoms with Gasteiger partial charge in [0.2, 0.25) is 0 Å². The van der Waals surface area contributed by atoms with Crippen LogP contribution >= 0.6 is 11.8 Å². The molecule has 3 rings (SSSR count). The van der Waals surface area contributed by atoms with Gasteiger partial charge in [0, 0.05) is 4.90 Å². The van der Waals surface area contributed by atoms with E-state index in [1.165, 1.54) is 5.56 Å². The second kappa shape index (κ2) is 5.66. The molecule has 0 radical (unpaired) electrons. The van der Waals surface area contributed by atoms with Crippen molar-refractivity contribution in [3.8, 4) is 5.69 Å². The number of hydrogen-bond donors (Lipinski definition) is 1. The van der Waals surface area contributed by atoms with Gasteiger partial charge in [-0.05, 0) is 38.1 Å². The lowest BCUT2D eigenvalue weighted by Crippen LogP contribution is -1.98. The predicted molar refractivity (Wildman–Crippen MR) is 88.0 cm³/mol. The first-order chi connectivity index (χ1) is 10.1. The van der Waals surface area contributed by atoms with Gasteiger partial charge in [0.05, 0.1) is 17.1 Å². The summed E-state index contributed by atoms with van der Waals surface area (Å²) in [5.41, 5.74) is 10.1. The topological polar surface area (TPSA) is 43.8 Å². The SMILES string of the molecule is Cc1ccc(Sc2c(N)c(C)nn2-c2ccccc2)cc1. The lowest BCUT2D eigenvalue weighted by atomic mass is 10.2. The lowest BCUT2D eigenvalue weighted by molar-refractivity contribution is 0.794. The highest BCUT2D eigenvalue weighted by molar-refractivity contribution is 7.99. The fourth-order valence-corrected chi connectivity index (χ4v) is 3.06. The summed E-state index contributed by atoms with van der Waals surface area (Å²) in [6.45, 7) is 4.02. The molecule has 3 nitrogen and oxygen atoms in total. The van der Waals surface area contributed by atoms with E-state index in [-0.39, 0.29) is 0 Å². The number of aromatic nitrogens is 2. The first-order valence-corrected chi connectivity index (χ1v) is 7.62. The number of anilines is 1. The van der Waals surface area contributed by atoms with Crippen molar-refractivity contribution < 1.29 is 0 Å². The van der Waals surface area contributed by atoms with Gasteiger partial charge >= 0.3 is 0 Å². The van der Waals surface area contributed by atoms with Gasteiger partial charge in [-0.3, -0.25) is 0 Å². The van der Waals surface area contributed by atoms with Crippen molar-refractivity contribution in [3.05, 3.63) is 65.9 Å². The van der Waals surface area contributed by atoms with Gasteiger partial charge in [0.1, 0.15) is 5.03 Å². The van der Waals surface area contributed by atoms with Crippen LogP contribution in [0.1, 0.15) is 11.3 Å². The van der Waals surface area contributed by atoms with E-state index in [9.17, 15) is 0 Å². The highest BCUT2D eigenvalue weighted by atomic mass is 32.2. The zero-order chi connectivity index (χ0) is 14.8. The maximum Gasteiger partial charge on any atom is 0.128 e. The molecule has 1 aromatic heterocycles. The van der Waals surface area contributed by atoms with E-state index < -0.39 is 0 Å². The Bertz CT molecular complexity index is 746. The van der Waals surface area contributed by atoms with Crippen molar-refractivity contribution in [2.24, 2.45) is 0 Å². The summed E-state index contributed by atoms with van der Waals surface area (Å²) in [6.07, 6.45) is 0. The number of rotatable bonds is 3. The Morgan fingerprint density at radius 1 is 0.952 bits per heavy atom. The van der Waals surface area contributed by atoms with Crippen molar-refractivity contribution in [1.29, 1.82) is 0 Å². The molecule has 0 aliphatic heterocycles. The molecule has 1 heterocycles. The number of nitrogens with zero attached hydrogens (tertiary/aromatic N) is 2. The lowest BCUT2D eigenvalue weighted by Gasteiger charge is -2.08. The predicted octanol–water partition coefficient (Wildman–Crippen LogP) is 4.22. The van der Waals surface area contributed by atoms with E-state index in [2.05, 4.69) is 36.3 Å². The van der Waals surface area contributed by atoms with E-state index in [1.807, 2.05) is 41.9 Å². The summed E-state index contributed by atoms with van der Waals surface area (Å²) in [7, 11) is 0. The summed E-state index contributed by atoms with van der Waals surface area (Å²) >= 11 is 1.64. The number of nitrogens with two attached hydrogens (primary N) is 1. The van der Waals surface area contributed by atoms with Crippen LogP contribution in [0, 0.1) is 13.8 Å². The average molecular weight is 295 g/mol. The Morgan fingerprint density at radius 2 is 1.62 bits per heavy atom. The Balaban J connectivity index is 2.03.